The van der Waals surface area contributed by atoms with Crippen molar-refractivity contribution in [1.82, 2.24) is 5.32 Å². The summed E-state index contributed by atoms with van der Waals surface area (Å²) >= 11 is 0.399. The van der Waals surface area contributed by atoms with Crippen molar-refractivity contribution < 1.29 is 23.1 Å². The highest BCUT2D eigenvalue weighted by molar-refractivity contribution is 7.99. The first kappa shape index (κ1) is 18.4. The highest BCUT2D eigenvalue weighted by Crippen LogP contribution is 2.27. The fourth-order valence-electron chi connectivity index (χ4n) is 2.35. The van der Waals surface area contributed by atoms with Crippen molar-refractivity contribution in [1.29, 1.82) is 0 Å². The Bertz CT molecular complexity index is 764. The molecule has 1 saturated carbocycles. The van der Waals surface area contributed by atoms with Crippen LogP contribution in [0.5, 0.6) is 0 Å². The lowest BCUT2D eigenvalue weighted by Gasteiger charge is -2.18. The summed E-state index contributed by atoms with van der Waals surface area (Å²) in [4.78, 5) is 25.2. The summed E-state index contributed by atoms with van der Waals surface area (Å²) < 4.78 is 30.2. The quantitative estimate of drug-likeness (QED) is 0.581. The first-order valence-corrected chi connectivity index (χ1v) is 9.02. The second kappa shape index (κ2) is 8.31. The van der Waals surface area contributed by atoms with Crippen molar-refractivity contribution in [2.75, 3.05) is 0 Å². The first-order chi connectivity index (χ1) is 12.5. The second-order valence-electron chi connectivity index (χ2n) is 5.88. The molecule has 1 unspecified atom stereocenters. The Labute approximate surface area is 153 Å². The third-order valence-electron chi connectivity index (χ3n) is 3.80. The van der Waals surface area contributed by atoms with Crippen LogP contribution in [-0.4, -0.2) is 23.7 Å². The van der Waals surface area contributed by atoms with Gasteiger partial charge in [0.05, 0.1) is 5.56 Å². The summed E-state index contributed by atoms with van der Waals surface area (Å²) in [7, 11) is 0. The molecular weight excluding hydrogens is 360 g/mol. The molecule has 0 radical (unpaired) electrons. The number of nitrogens with one attached hydrogen (secondary N) is 1. The molecule has 0 aromatic heterocycles. The molecule has 4 nitrogen and oxygen atoms in total. The zero-order chi connectivity index (χ0) is 18.5. The molecule has 1 atom stereocenters. The van der Waals surface area contributed by atoms with E-state index in [0.717, 1.165) is 12.8 Å². The summed E-state index contributed by atoms with van der Waals surface area (Å²) in [5.41, 5.74) is 0.771. The Morgan fingerprint density at radius 3 is 2.27 bits per heavy atom. The summed E-state index contributed by atoms with van der Waals surface area (Å²) in [5.74, 6) is -3.57. The molecule has 1 N–H and O–H groups in total. The number of rotatable bonds is 7. The minimum atomic E-state index is -2.53. The fraction of sp³-hybridized carbons (Fsp3) is 0.263. The van der Waals surface area contributed by atoms with Crippen molar-refractivity contribution in [2.24, 2.45) is 0 Å². The van der Waals surface area contributed by atoms with E-state index in [1.807, 2.05) is 0 Å². The molecule has 3 rings (SSSR count). The Kier molecular flexibility index (Phi) is 5.88. The molecular formula is C19H17F2NO3S. The van der Waals surface area contributed by atoms with Gasteiger partial charge in [-0.1, -0.05) is 42.1 Å². The van der Waals surface area contributed by atoms with E-state index < -0.39 is 17.8 Å². The Balaban J connectivity index is 1.73. The number of benzene rings is 2. The molecule has 26 heavy (non-hydrogen) atoms. The zero-order valence-corrected chi connectivity index (χ0v) is 14.5. The second-order valence-corrected chi connectivity index (χ2v) is 6.95. The maximum absolute atomic E-state index is 12.5. The lowest BCUT2D eigenvalue weighted by Crippen LogP contribution is -2.33. The van der Waals surface area contributed by atoms with Crippen molar-refractivity contribution in [2.45, 2.75) is 35.6 Å². The fourth-order valence-corrected chi connectivity index (χ4v) is 2.85. The van der Waals surface area contributed by atoms with E-state index in [9.17, 15) is 18.4 Å². The number of hydrogen-bond acceptors (Lipinski definition) is 4. The minimum Gasteiger partial charge on any atom is -0.444 e. The average Bonchev–Trinajstić information content (AvgIpc) is 3.44. The van der Waals surface area contributed by atoms with Crippen LogP contribution in [0, 0.1) is 0 Å². The number of carbonyl (C=O) groups is 2. The predicted molar refractivity (Wildman–Crippen MR) is 94.1 cm³/mol. The van der Waals surface area contributed by atoms with Gasteiger partial charge in [-0.3, -0.25) is 4.79 Å². The molecule has 1 aliphatic rings. The smallest absolute Gasteiger partial charge is 0.339 e. The van der Waals surface area contributed by atoms with Gasteiger partial charge in [-0.05, 0) is 37.1 Å². The first-order valence-electron chi connectivity index (χ1n) is 8.14. The number of carbonyl (C=O) groups excluding carboxylic acids is 2. The van der Waals surface area contributed by atoms with Crippen molar-refractivity contribution in [3.05, 3.63) is 65.7 Å². The summed E-state index contributed by atoms with van der Waals surface area (Å²) in [6, 6.07) is 14.6. The van der Waals surface area contributed by atoms with E-state index in [0.29, 0.717) is 22.2 Å². The van der Waals surface area contributed by atoms with Gasteiger partial charge in [-0.2, -0.15) is 8.78 Å². The molecule has 1 fully saturated rings. The Morgan fingerprint density at radius 1 is 1.04 bits per heavy atom. The van der Waals surface area contributed by atoms with Crippen molar-refractivity contribution >= 4 is 23.6 Å². The number of thioether (sulfide) groups is 1. The van der Waals surface area contributed by atoms with Gasteiger partial charge in [0.15, 0.2) is 0 Å². The minimum absolute atomic E-state index is 0.137. The number of amides is 1. The van der Waals surface area contributed by atoms with Crippen molar-refractivity contribution in [3.63, 3.8) is 0 Å². The van der Waals surface area contributed by atoms with Gasteiger partial charge in [0, 0.05) is 16.5 Å². The molecule has 2 aromatic carbocycles. The number of ether oxygens (including phenoxy) is 1. The van der Waals surface area contributed by atoms with Gasteiger partial charge >= 0.3 is 5.97 Å². The van der Waals surface area contributed by atoms with Crippen LogP contribution in [0.2, 0.25) is 0 Å². The van der Waals surface area contributed by atoms with Gasteiger partial charge in [0.1, 0.15) is 0 Å². The maximum Gasteiger partial charge on any atom is 0.339 e. The van der Waals surface area contributed by atoms with Gasteiger partial charge in [0.2, 0.25) is 6.10 Å². The molecule has 2 aromatic rings. The van der Waals surface area contributed by atoms with Crippen LogP contribution in [0.1, 0.15) is 34.9 Å². The predicted octanol–water partition coefficient (Wildman–Crippen LogP) is 4.18. The van der Waals surface area contributed by atoms with Gasteiger partial charge in [-0.25, -0.2) is 4.79 Å². The number of halogens is 2. The van der Waals surface area contributed by atoms with Crippen LogP contribution >= 0.6 is 11.8 Å². The van der Waals surface area contributed by atoms with E-state index in [4.69, 9.17) is 4.74 Å². The normalized spacial score (nSPS) is 14.7. The van der Waals surface area contributed by atoms with Crippen LogP contribution in [0.3, 0.4) is 0 Å². The number of hydrogen-bond donors (Lipinski definition) is 1. The lowest BCUT2D eigenvalue weighted by atomic mass is 10.1. The number of esters is 1. The van der Waals surface area contributed by atoms with Crippen LogP contribution in [0.4, 0.5) is 8.78 Å². The molecule has 0 spiro atoms. The zero-order valence-electron chi connectivity index (χ0n) is 13.7. The highest BCUT2D eigenvalue weighted by atomic mass is 32.2. The molecule has 0 aliphatic heterocycles. The molecule has 0 bridgehead atoms. The molecule has 1 amide bonds. The van der Waals surface area contributed by atoms with Gasteiger partial charge in [-0.15, -0.1) is 0 Å². The Hall–Kier alpha value is -2.41. The summed E-state index contributed by atoms with van der Waals surface area (Å²) in [5, 5.41) is 2.84. The molecule has 0 saturated heterocycles. The van der Waals surface area contributed by atoms with Crippen molar-refractivity contribution in [3.8, 4) is 0 Å². The third kappa shape index (κ3) is 5.05. The largest absolute Gasteiger partial charge is 0.444 e. The number of alkyl halides is 2. The van der Waals surface area contributed by atoms with Crippen LogP contribution in [0.15, 0.2) is 59.5 Å². The topological polar surface area (TPSA) is 55.4 Å². The third-order valence-corrected chi connectivity index (χ3v) is 4.53. The maximum atomic E-state index is 12.5. The molecule has 0 heterocycles. The Morgan fingerprint density at radius 2 is 1.69 bits per heavy atom. The van der Waals surface area contributed by atoms with E-state index >= 15 is 0 Å². The highest BCUT2D eigenvalue weighted by Gasteiger charge is 2.31. The SMILES string of the molecule is O=C(OC(C(=O)NC1CC1)c1ccccc1)c1ccc(SC(F)F)cc1. The van der Waals surface area contributed by atoms with Crippen LogP contribution in [-0.2, 0) is 9.53 Å². The summed E-state index contributed by atoms with van der Waals surface area (Å²) in [6.07, 6.45) is 0.786. The van der Waals surface area contributed by atoms with E-state index in [2.05, 4.69) is 5.32 Å². The monoisotopic (exact) mass is 377 g/mol. The molecule has 7 heteroatoms. The van der Waals surface area contributed by atoms with Gasteiger partial charge < -0.3 is 10.1 Å². The van der Waals surface area contributed by atoms with Gasteiger partial charge in [0.25, 0.3) is 11.7 Å². The van der Waals surface area contributed by atoms with E-state index in [1.165, 1.54) is 24.3 Å². The van der Waals surface area contributed by atoms with E-state index in [1.54, 1.807) is 30.3 Å². The van der Waals surface area contributed by atoms with Crippen LogP contribution < -0.4 is 5.32 Å². The lowest BCUT2D eigenvalue weighted by molar-refractivity contribution is -0.130. The molecule has 1 aliphatic carbocycles. The van der Waals surface area contributed by atoms with E-state index in [-0.39, 0.29) is 17.5 Å². The standard InChI is InChI=1S/C19H17F2NO3S/c20-19(21)26-15-10-6-13(7-11-15)18(24)25-16(12-4-2-1-3-5-12)17(23)22-14-8-9-14/h1-7,10-11,14,16,19H,8-9H2,(H,22,23). The average molecular weight is 377 g/mol. The summed E-state index contributed by atoms with van der Waals surface area (Å²) in [6.45, 7) is 0. The van der Waals surface area contributed by atoms with Crippen LogP contribution in [0.25, 0.3) is 0 Å². The molecule has 136 valence electrons.